The highest BCUT2D eigenvalue weighted by molar-refractivity contribution is 9.10. The van der Waals surface area contributed by atoms with Crippen molar-refractivity contribution < 1.29 is 4.79 Å². The van der Waals surface area contributed by atoms with Crippen LogP contribution in [0.2, 0.25) is 0 Å². The van der Waals surface area contributed by atoms with Crippen molar-refractivity contribution in [2.45, 2.75) is 32.6 Å². The predicted octanol–water partition coefficient (Wildman–Crippen LogP) is 3.68. The van der Waals surface area contributed by atoms with E-state index in [-0.39, 0.29) is 5.91 Å². The lowest BCUT2D eigenvalue weighted by Crippen LogP contribution is -2.28. The molecule has 1 N–H and O–H groups in total. The predicted molar refractivity (Wildman–Crippen MR) is 73.2 cm³/mol. The zero-order chi connectivity index (χ0) is 12.3. The van der Waals surface area contributed by atoms with Crippen LogP contribution in [0.3, 0.4) is 0 Å². The summed E-state index contributed by atoms with van der Waals surface area (Å²) >= 11 is 3.45. The van der Waals surface area contributed by atoms with Gasteiger partial charge in [0.1, 0.15) is 0 Å². The minimum absolute atomic E-state index is 0.0516. The number of carbonyl (C=O) groups is 1. The fourth-order valence-corrected chi connectivity index (χ4v) is 2.77. The van der Waals surface area contributed by atoms with E-state index < -0.39 is 0 Å². The SMILES string of the molecule is Cc1c(Br)cccc1C(=O)NCC1CCCC1. The first-order chi connectivity index (χ1) is 8.18. The van der Waals surface area contributed by atoms with Crippen molar-refractivity contribution in [2.75, 3.05) is 6.54 Å². The second kappa shape index (κ2) is 5.67. The van der Waals surface area contributed by atoms with E-state index in [9.17, 15) is 4.79 Å². The van der Waals surface area contributed by atoms with Crippen LogP contribution >= 0.6 is 15.9 Å². The van der Waals surface area contributed by atoms with Crippen molar-refractivity contribution in [3.05, 3.63) is 33.8 Å². The zero-order valence-corrected chi connectivity index (χ0v) is 11.7. The first-order valence-electron chi connectivity index (χ1n) is 6.22. The van der Waals surface area contributed by atoms with Crippen LogP contribution in [0.15, 0.2) is 22.7 Å². The summed E-state index contributed by atoms with van der Waals surface area (Å²) in [5, 5.41) is 3.05. The fraction of sp³-hybridized carbons (Fsp3) is 0.500. The molecule has 1 saturated carbocycles. The van der Waals surface area contributed by atoms with Gasteiger partial charge in [0.25, 0.3) is 5.91 Å². The van der Waals surface area contributed by atoms with Gasteiger partial charge in [-0.05, 0) is 43.4 Å². The van der Waals surface area contributed by atoms with Gasteiger partial charge in [0.05, 0.1) is 0 Å². The fourth-order valence-electron chi connectivity index (χ4n) is 2.40. The van der Waals surface area contributed by atoms with E-state index in [4.69, 9.17) is 0 Å². The molecule has 1 aromatic carbocycles. The van der Waals surface area contributed by atoms with Crippen LogP contribution in [0, 0.1) is 12.8 Å². The number of rotatable bonds is 3. The molecule has 2 rings (SSSR count). The van der Waals surface area contributed by atoms with Crippen molar-refractivity contribution in [2.24, 2.45) is 5.92 Å². The van der Waals surface area contributed by atoms with Gasteiger partial charge in [-0.2, -0.15) is 0 Å². The number of hydrogen-bond acceptors (Lipinski definition) is 1. The van der Waals surface area contributed by atoms with Gasteiger partial charge in [-0.25, -0.2) is 0 Å². The summed E-state index contributed by atoms with van der Waals surface area (Å²) in [5.41, 5.74) is 1.79. The van der Waals surface area contributed by atoms with Crippen LogP contribution in [0.4, 0.5) is 0 Å². The summed E-state index contributed by atoms with van der Waals surface area (Å²) in [6.07, 6.45) is 5.16. The molecule has 1 aromatic rings. The maximum absolute atomic E-state index is 12.0. The average molecular weight is 296 g/mol. The number of hydrogen-bond donors (Lipinski definition) is 1. The minimum atomic E-state index is 0.0516. The van der Waals surface area contributed by atoms with Crippen LogP contribution in [-0.2, 0) is 0 Å². The Morgan fingerprint density at radius 1 is 1.41 bits per heavy atom. The first-order valence-corrected chi connectivity index (χ1v) is 7.01. The van der Waals surface area contributed by atoms with Gasteiger partial charge in [-0.15, -0.1) is 0 Å². The molecular formula is C14H18BrNO. The van der Waals surface area contributed by atoms with Crippen LogP contribution in [0.5, 0.6) is 0 Å². The van der Waals surface area contributed by atoms with Gasteiger partial charge in [-0.3, -0.25) is 4.79 Å². The lowest BCUT2D eigenvalue weighted by molar-refractivity contribution is 0.0946. The second-order valence-corrected chi connectivity index (χ2v) is 5.63. The highest BCUT2D eigenvalue weighted by Crippen LogP contribution is 2.24. The Morgan fingerprint density at radius 2 is 2.12 bits per heavy atom. The van der Waals surface area contributed by atoms with Crippen molar-refractivity contribution >= 4 is 21.8 Å². The third-order valence-electron chi connectivity index (χ3n) is 3.54. The quantitative estimate of drug-likeness (QED) is 0.906. The van der Waals surface area contributed by atoms with E-state index in [1.54, 1.807) is 0 Å². The molecule has 0 radical (unpaired) electrons. The molecule has 2 nitrogen and oxygen atoms in total. The number of carbonyl (C=O) groups excluding carboxylic acids is 1. The van der Waals surface area contributed by atoms with Gasteiger partial charge in [0.2, 0.25) is 0 Å². The van der Waals surface area contributed by atoms with Crippen molar-refractivity contribution in [3.8, 4) is 0 Å². The summed E-state index contributed by atoms with van der Waals surface area (Å²) in [7, 11) is 0. The third kappa shape index (κ3) is 3.09. The monoisotopic (exact) mass is 295 g/mol. The molecule has 1 fully saturated rings. The zero-order valence-electron chi connectivity index (χ0n) is 10.1. The average Bonchev–Trinajstić information content (AvgIpc) is 2.82. The molecular weight excluding hydrogens is 278 g/mol. The highest BCUT2D eigenvalue weighted by Gasteiger charge is 2.17. The molecule has 0 heterocycles. The number of benzene rings is 1. The van der Waals surface area contributed by atoms with Crippen LogP contribution in [0.25, 0.3) is 0 Å². The number of amides is 1. The van der Waals surface area contributed by atoms with Gasteiger partial charge in [0, 0.05) is 16.6 Å². The maximum Gasteiger partial charge on any atom is 0.251 e. The summed E-state index contributed by atoms with van der Waals surface area (Å²) in [4.78, 5) is 12.0. The Balaban J connectivity index is 1.97. The van der Waals surface area contributed by atoms with Gasteiger partial charge in [0.15, 0.2) is 0 Å². The van der Waals surface area contributed by atoms with Crippen molar-refractivity contribution in [3.63, 3.8) is 0 Å². The molecule has 1 aliphatic rings. The highest BCUT2D eigenvalue weighted by atomic mass is 79.9. The Hall–Kier alpha value is -0.830. The molecule has 92 valence electrons. The molecule has 1 amide bonds. The topological polar surface area (TPSA) is 29.1 Å². The normalized spacial score (nSPS) is 16.1. The minimum Gasteiger partial charge on any atom is -0.352 e. The van der Waals surface area contributed by atoms with Crippen LogP contribution < -0.4 is 5.32 Å². The summed E-state index contributed by atoms with van der Waals surface area (Å²) in [6, 6.07) is 5.74. The molecule has 0 spiro atoms. The standard InChI is InChI=1S/C14H18BrNO/c1-10-12(7-4-8-13(10)15)14(17)16-9-11-5-2-3-6-11/h4,7-8,11H,2-3,5-6,9H2,1H3,(H,16,17). The molecule has 0 saturated heterocycles. The van der Waals surface area contributed by atoms with Crippen LogP contribution in [-0.4, -0.2) is 12.5 Å². The lowest BCUT2D eigenvalue weighted by Gasteiger charge is -2.12. The molecule has 0 aliphatic heterocycles. The van der Waals surface area contributed by atoms with E-state index in [0.717, 1.165) is 22.1 Å². The van der Waals surface area contributed by atoms with E-state index in [1.165, 1.54) is 25.7 Å². The van der Waals surface area contributed by atoms with Crippen LogP contribution in [0.1, 0.15) is 41.6 Å². The van der Waals surface area contributed by atoms with Crippen molar-refractivity contribution in [1.82, 2.24) is 5.32 Å². The summed E-state index contributed by atoms with van der Waals surface area (Å²) < 4.78 is 0.992. The Labute approximate surface area is 111 Å². The maximum atomic E-state index is 12.0. The number of nitrogens with one attached hydrogen (secondary N) is 1. The molecule has 1 aliphatic carbocycles. The Morgan fingerprint density at radius 3 is 2.82 bits per heavy atom. The van der Waals surface area contributed by atoms with E-state index in [2.05, 4.69) is 21.2 Å². The third-order valence-corrected chi connectivity index (χ3v) is 4.40. The second-order valence-electron chi connectivity index (χ2n) is 4.77. The van der Waals surface area contributed by atoms with Crippen molar-refractivity contribution in [1.29, 1.82) is 0 Å². The molecule has 0 aromatic heterocycles. The smallest absolute Gasteiger partial charge is 0.251 e. The largest absolute Gasteiger partial charge is 0.352 e. The van der Waals surface area contributed by atoms with E-state index >= 15 is 0 Å². The molecule has 0 bridgehead atoms. The van der Waals surface area contributed by atoms with Gasteiger partial charge in [-0.1, -0.05) is 34.8 Å². The Kier molecular flexibility index (Phi) is 4.21. The molecule has 17 heavy (non-hydrogen) atoms. The summed E-state index contributed by atoms with van der Waals surface area (Å²) in [5.74, 6) is 0.738. The van der Waals surface area contributed by atoms with E-state index in [0.29, 0.717) is 5.92 Å². The molecule has 0 unspecified atom stereocenters. The lowest BCUT2D eigenvalue weighted by atomic mass is 10.1. The van der Waals surface area contributed by atoms with Gasteiger partial charge < -0.3 is 5.32 Å². The molecule has 3 heteroatoms. The summed E-state index contributed by atoms with van der Waals surface area (Å²) in [6.45, 7) is 2.79. The van der Waals surface area contributed by atoms with Gasteiger partial charge >= 0.3 is 0 Å². The Bertz CT molecular complexity index is 411. The first kappa shape index (κ1) is 12.6. The van der Waals surface area contributed by atoms with E-state index in [1.807, 2.05) is 25.1 Å². The number of halogens is 1. The molecule has 0 atom stereocenters.